The van der Waals surface area contributed by atoms with Crippen molar-refractivity contribution in [3.05, 3.63) is 59.4 Å². The van der Waals surface area contributed by atoms with Gasteiger partial charge in [0.2, 0.25) is 0 Å². The molecule has 32 heavy (non-hydrogen) atoms. The predicted molar refractivity (Wildman–Crippen MR) is 114 cm³/mol. The van der Waals surface area contributed by atoms with Gasteiger partial charge >= 0.3 is 0 Å². The monoisotopic (exact) mass is 444 g/mol. The van der Waals surface area contributed by atoms with Crippen molar-refractivity contribution in [1.29, 1.82) is 0 Å². The Kier molecular flexibility index (Phi) is 7.26. The van der Waals surface area contributed by atoms with Crippen LogP contribution in [0, 0.1) is 5.82 Å². The van der Waals surface area contributed by atoms with Crippen molar-refractivity contribution in [2.75, 3.05) is 40.4 Å². The number of amides is 3. The summed E-state index contributed by atoms with van der Waals surface area (Å²) in [5, 5.41) is 2.63. The summed E-state index contributed by atoms with van der Waals surface area (Å²) < 4.78 is 24.1. The first-order valence-electron chi connectivity index (χ1n) is 9.98. The van der Waals surface area contributed by atoms with Crippen molar-refractivity contribution in [1.82, 2.24) is 15.1 Å². The van der Waals surface area contributed by atoms with Crippen LogP contribution in [-0.4, -0.2) is 74.1 Å². The first kappa shape index (κ1) is 23.0. The minimum atomic E-state index is -1.21. The zero-order valence-electron chi connectivity index (χ0n) is 17.8. The van der Waals surface area contributed by atoms with Gasteiger partial charge < -0.3 is 30.3 Å². The fourth-order valence-electron chi connectivity index (χ4n) is 3.55. The molecule has 0 bridgehead atoms. The first-order chi connectivity index (χ1) is 15.4. The summed E-state index contributed by atoms with van der Waals surface area (Å²) >= 11 is 0. The zero-order chi connectivity index (χ0) is 23.3. The maximum absolute atomic E-state index is 13.6. The standard InChI is InChI=1S/C22H25FN4O5/c1-31-17-7-6-15(13-18(17)32-2)22(30)27-11-10-26(20(27)19(28)25-9-8-24)21(29)14-4-3-5-16(23)12-14/h3-7,12-13,20H,8-11,24H2,1-2H3,(H,25,28). The van der Waals surface area contributed by atoms with Gasteiger partial charge in [-0.05, 0) is 36.4 Å². The number of nitrogens with one attached hydrogen (secondary N) is 1. The van der Waals surface area contributed by atoms with Gasteiger partial charge in [0.05, 0.1) is 14.2 Å². The Morgan fingerprint density at radius 1 is 1.00 bits per heavy atom. The lowest BCUT2D eigenvalue weighted by Crippen LogP contribution is -2.54. The second kappa shape index (κ2) is 10.1. The Morgan fingerprint density at radius 2 is 1.62 bits per heavy atom. The van der Waals surface area contributed by atoms with Gasteiger partial charge in [-0.2, -0.15) is 0 Å². The van der Waals surface area contributed by atoms with E-state index in [4.69, 9.17) is 15.2 Å². The predicted octanol–water partition coefficient (Wildman–Crippen LogP) is 0.842. The van der Waals surface area contributed by atoms with Crippen LogP contribution < -0.4 is 20.5 Å². The highest BCUT2D eigenvalue weighted by Crippen LogP contribution is 2.29. The number of nitrogens with two attached hydrogens (primary N) is 1. The van der Waals surface area contributed by atoms with Crippen LogP contribution in [0.3, 0.4) is 0 Å². The second-order valence-electron chi connectivity index (χ2n) is 7.03. The van der Waals surface area contributed by atoms with Crippen molar-refractivity contribution in [2.45, 2.75) is 6.17 Å². The van der Waals surface area contributed by atoms with E-state index in [9.17, 15) is 18.8 Å². The molecule has 3 rings (SSSR count). The highest BCUT2D eigenvalue weighted by molar-refractivity contribution is 6.02. The number of carbonyl (C=O) groups excluding carboxylic acids is 3. The molecule has 0 radical (unpaired) electrons. The van der Waals surface area contributed by atoms with Crippen LogP contribution >= 0.6 is 0 Å². The van der Waals surface area contributed by atoms with Gasteiger partial charge in [-0.1, -0.05) is 6.07 Å². The van der Waals surface area contributed by atoms with Crippen molar-refractivity contribution >= 4 is 17.7 Å². The summed E-state index contributed by atoms with van der Waals surface area (Å²) in [7, 11) is 2.93. The molecule has 2 aromatic carbocycles. The number of halogens is 1. The average molecular weight is 444 g/mol. The normalized spacial score (nSPS) is 15.4. The Bertz CT molecular complexity index is 1020. The van der Waals surface area contributed by atoms with Crippen molar-refractivity contribution < 1.29 is 28.2 Å². The topological polar surface area (TPSA) is 114 Å². The molecule has 0 aromatic heterocycles. The van der Waals surface area contributed by atoms with Gasteiger partial charge in [-0.15, -0.1) is 0 Å². The molecule has 10 heteroatoms. The van der Waals surface area contributed by atoms with E-state index < -0.39 is 29.7 Å². The van der Waals surface area contributed by atoms with Crippen molar-refractivity contribution in [3.8, 4) is 11.5 Å². The van der Waals surface area contributed by atoms with Crippen LogP contribution in [0.2, 0.25) is 0 Å². The van der Waals surface area contributed by atoms with E-state index in [1.807, 2.05) is 0 Å². The van der Waals surface area contributed by atoms with Gasteiger partial charge in [0.15, 0.2) is 17.7 Å². The zero-order valence-corrected chi connectivity index (χ0v) is 17.8. The first-order valence-corrected chi connectivity index (χ1v) is 9.98. The highest BCUT2D eigenvalue weighted by Gasteiger charge is 2.43. The molecule has 1 unspecified atom stereocenters. The Labute approximate surface area is 184 Å². The summed E-state index contributed by atoms with van der Waals surface area (Å²) in [5.74, 6) is -1.34. The molecule has 1 atom stereocenters. The van der Waals surface area contributed by atoms with Crippen molar-refractivity contribution in [3.63, 3.8) is 0 Å². The molecule has 0 aliphatic carbocycles. The van der Waals surface area contributed by atoms with E-state index in [-0.39, 0.29) is 37.3 Å². The average Bonchev–Trinajstić information content (AvgIpc) is 3.26. The fraction of sp³-hybridized carbons (Fsp3) is 0.318. The lowest BCUT2D eigenvalue weighted by molar-refractivity contribution is -0.128. The molecule has 1 saturated heterocycles. The third kappa shape index (κ3) is 4.65. The smallest absolute Gasteiger partial charge is 0.263 e. The van der Waals surface area contributed by atoms with E-state index in [1.165, 1.54) is 48.3 Å². The number of methoxy groups -OCH3 is 2. The van der Waals surface area contributed by atoms with Gasteiger partial charge in [0.1, 0.15) is 5.82 Å². The summed E-state index contributed by atoms with van der Waals surface area (Å²) in [6.07, 6.45) is -1.21. The van der Waals surface area contributed by atoms with Gasteiger partial charge in [-0.3, -0.25) is 14.4 Å². The maximum Gasteiger partial charge on any atom is 0.263 e. The van der Waals surface area contributed by atoms with Gasteiger partial charge in [-0.25, -0.2) is 4.39 Å². The van der Waals surface area contributed by atoms with Crippen LogP contribution in [0.4, 0.5) is 4.39 Å². The van der Waals surface area contributed by atoms with Crippen LogP contribution in [0.15, 0.2) is 42.5 Å². The number of rotatable bonds is 7. The molecule has 1 heterocycles. The molecule has 3 amide bonds. The molecule has 1 aliphatic rings. The number of carbonyl (C=O) groups is 3. The fourth-order valence-corrected chi connectivity index (χ4v) is 3.55. The van der Waals surface area contributed by atoms with Crippen LogP contribution in [0.1, 0.15) is 20.7 Å². The Hall–Kier alpha value is -3.66. The van der Waals surface area contributed by atoms with Gasteiger partial charge in [0, 0.05) is 37.3 Å². The SMILES string of the molecule is COc1ccc(C(=O)N2CCN(C(=O)c3cccc(F)c3)C2C(=O)NCCN)cc1OC. The largest absolute Gasteiger partial charge is 0.493 e. The minimum absolute atomic E-state index is 0.0852. The quantitative estimate of drug-likeness (QED) is 0.654. The van der Waals surface area contributed by atoms with Gasteiger partial charge in [0.25, 0.3) is 17.7 Å². The molecule has 1 fully saturated rings. The summed E-state index contributed by atoms with van der Waals surface area (Å²) in [5.41, 5.74) is 5.83. The lowest BCUT2D eigenvalue weighted by atomic mass is 10.1. The second-order valence-corrected chi connectivity index (χ2v) is 7.03. The third-order valence-corrected chi connectivity index (χ3v) is 5.07. The van der Waals surface area contributed by atoms with E-state index in [1.54, 1.807) is 12.1 Å². The molecule has 9 nitrogen and oxygen atoms in total. The van der Waals surface area contributed by atoms with E-state index in [0.717, 1.165) is 6.07 Å². The highest BCUT2D eigenvalue weighted by atomic mass is 19.1. The number of hydrogen-bond donors (Lipinski definition) is 2. The Balaban J connectivity index is 1.93. The number of nitrogens with zero attached hydrogens (tertiary/aromatic N) is 2. The molecular formula is C22H25FN4O5. The molecule has 3 N–H and O–H groups in total. The maximum atomic E-state index is 13.6. The van der Waals surface area contributed by atoms with E-state index in [2.05, 4.69) is 5.32 Å². The molecule has 2 aromatic rings. The molecule has 0 spiro atoms. The Morgan fingerprint density at radius 3 is 2.19 bits per heavy atom. The van der Waals surface area contributed by atoms with Crippen LogP contribution in [0.25, 0.3) is 0 Å². The summed E-state index contributed by atoms with van der Waals surface area (Å²) in [4.78, 5) is 41.8. The van der Waals surface area contributed by atoms with Crippen LogP contribution in [0.5, 0.6) is 11.5 Å². The minimum Gasteiger partial charge on any atom is -0.493 e. The van der Waals surface area contributed by atoms with E-state index in [0.29, 0.717) is 11.5 Å². The number of ether oxygens (including phenoxy) is 2. The third-order valence-electron chi connectivity index (χ3n) is 5.07. The summed E-state index contributed by atoms with van der Waals surface area (Å²) in [6, 6.07) is 9.83. The molecule has 0 saturated carbocycles. The molecule has 170 valence electrons. The van der Waals surface area contributed by atoms with Crippen LogP contribution in [-0.2, 0) is 4.79 Å². The summed E-state index contributed by atoms with van der Waals surface area (Å²) in [6.45, 7) is 0.597. The van der Waals surface area contributed by atoms with E-state index >= 15 is 0 Å². The lowest BCUT2D eigenvalue weighted by Gasteiger charge is -2.29. The van der Waals surface area contributed by atoms with Crippen molar-refractivity contribution in [2.24, 2.45) is 5.73 Å². The molecular weight excluding hydrogens is 419 g/mol. The molecule has 1 aliphatic heterocycles. The number of benzene rings is 2. The number of hydrogen-bond acceptors (Lipinski definition) is 6.